The van der Waals surface area contributed by atoms with Gasteiger partial charge < -0.3 is 15.1 Å². The molecule has 0 radical (unpaired) electrons. The minimum Gasteiger partial charge on any atom is -0.467 e. The van der Waals surface area contributed by atoms with Gasteiger partial charge in [0.25, 0.3) is 0 Å². The molecule has 0 saturated carbocycles. The molecule has 8 heteroatoms. The average Bonchev–Trinajstić information content (AvgIpc) is 3.15. The standard InChI is InChI=1S/C19H23FN4O3/c20-15-3-1-4-16(11-15)22-19(26)14-24-8-6-23(7-9-24)13-18(25)21-12-17-5-2-10-27-17/h1-5,10-11H,6-9,12-14H2,(H,21,25)(H,22,26). The van der Waals surface area contributed by atoms with Crippen LogP contribution < -0.4 is 10.6 Å². The van der Waals surface area contributed by atoms with Crippen molar-refractivity contribution in [3.8, 4) is 0 Å². The fourth-order valence-electron chi connectivity index (χ4n) is 2.93. The van der Waals surface area contributed by atoms with Crippen molar-refractivity contribution in [2.75, 3.05) is 44.6 Å². The van der Waals surface area contributed by atoms with Crippen molar-refractivity contribution in [2.24, 2.45) is 0 Å². The highest BCUT2D eigenvalue weighted by atomic mass is 19.1. The molecule has 2 N–H and O–H groups in total. The summed E-state index contributed by atoms with van der Waals surface area (Å²) in [7, 11) is 0. The highest BCUT2D eigenvalue weighted by Crippen LogP contribution is 2.09. The Labute approximate surface area is 157 Å². The Morgan fingerprint density at radius 2 is 1.70 bits per heavy atom. The molecule has 2 heterocycles. The topological polar surface area (TPSA) is 77.8 Å². The van der Waals surface area contributed by atoms with Crippen molar-refractivity contribution in [3.63, 3.8) is 0 Å². The highest BCUT2D eigenvalue weighted by Gasteiger charge is 2.20. The summed E-state index contributed by atoms with van der Waals surface area (Å²) >= 11 is 0. The van der Waals surface area contributed by atoms with Gasteiger partial charge in [0.05, 0.1) is 25.9 Å². The van der Waals surface area contributed by atoms with E-state index in [1.54, 1.807) is 24.5 Å². The van der Waals surface area contributed by atoms with E-state index in [2.05, 4.69) is 15.5 Å². The molecule has 0 bridgehead atoms. The normalized spacial score (nSPS) is 15.4. The van der Waals surface area contributed by atoms with Crippen molar-refractivity contribution in [3.05, 3.63) is 54.2 Å². The number of anilines is 1. The van der Waals surface area contributed by atoms with Crippen LogP contribution in [0, 0.1) is 5.82 Å². The quantitative estimate of drug-likeness (QED) is 0.764. The van der Waals surface area contributed by atoms with E-state index < -0.39 is 0 Å². The molecule has 7 nitrogen and oxygen atoms in total. The van der Waals surface area contributed by atoms with Crippen LogP contribution in [0.15, 0.2) is 47.1 Å². The summed E-state index contributed by atoms with van der Waals surface area (Å²) in [6.45, 7) is 3.76. The molecular weight excluding hydrogens is 351 g/mol. The van der Waals surface area contributed by atoms with Crippen LogP contribution in [0.4, 0.5) is 10.1 Å². The van der Waals surface area contributed by atoms with Crippen LogP contribution >= 0.6 is 0 Å². The van der Waals surface area contributed by atoms with Gasteiger partial charge >= 0.3 is 0 Å². The van der Waals surface area contributed by atoms with Crippen molar-refractivity contribution in [1.82, 2.24) is 15.1 Å². The van der Waals surface area contributed by atoms with Crippen molar-refractivity contribution in [2.45, 2.75) is 6.54 Å². The molecule has 1 saturated heterocycles. The molecule has 1 aliphatic heterocycles. The largest absolute Gasteiger partial charge is 0.467 e. The van der Waals surface area contributed by atoms with Crippen LogP contribution in [0.2, 0.25) is 0 Å². The summed E-state index contributed by atoms with van der Waals surface area (Å²) in [6, 6.07) is 9.43. The summed E-state index contributed by atoms with van der Waals surface area (Å²) in [5, 5.41) is 5.52. The summed E-state index contributed by atoms with van der Waals surface area (Å²) in [6.07, 6.45) is 1.57. The molecule has 0 spiro atoms. The molecule has 144 valence electrons. The zero-order chi connectivity index (χ0) is 19.1. The first-order valence-electron chi connectivity index (χ1n) is 8.88. The number of nitrogens with one attached hydrogen (secondary N) is 2. The Bertz CT molecular complexity index is 758. The molecule has 0 atom stereocenters. The number of carbonyl (C=O) groups is 2. The van der Waals surface area contributed by atoms with Crippen molar-refractivity contribution >= 4 is 17.5 Å². The minimum absolute atomic E-state index is 0.0521. The van der Waals surface area contributed by atoms with Gasteiger partial charge in [0, 0.05) is 31.9 Å². The molecule has 0 unspecified atom stereocenters. The zero-order valence-corrected chi connectivity index (χ0v) is 15.0. The molecular formula is C19H23FN4O3. The fourth-order valence-corrected chi connectivity index (χ4v) is 2.93. The smallest absolute Gasteiger partial charge is 0.238 e. The summed E-state index contributed by atoms with van der Waals surface area (Å²) in [5.74, 6) is 0.109. The van der Waals surface area contributed by atoms with Gasteiger partial charge in [-0.05, 0) is 30.3 Å². The lowest BCUT2D eigenvalue weighted by atomic mass is 10.3. The highest BCUT2D eigenvalue weighted by molar-refractivity contribution is 5.92. The van der Waals surface area contributed by atoms with Crippen LogP contribution in [0.5, 0.6) is 0 Å². The maximum atomic E-state index is 13.2. The summed E-state index contributed by atoms with van der Waals surface area (Å²) in [5.41, 5.74) is 0.451. The molecule has 2 amide bonds. The lowest BCUT2D eigenvalue weighted by molar-refractivity contribution is -0.123. The van der Waals surface area contributed by atoms with Gasteiger partial charge in [0.15, 0.2) is 0 Å². The fraction of sp³-hybridized carbons (Fsp3) is 0.368. The Morgan fingerprint density at radius 3 is 2.33 bits per heavy atom. The van der Waals surface area contributed by atoms with Gasteiger partial charge in [0.1, 0.15) is 11.6 Å². The maximum Gasteiger partial charge on any atom is 0.238 e. The Hall–Kier alpha value is -2.71. The van der Waals surface area contributed by atoms with Gasteiger partial charge in [-0.15, -0.1) is 0 Å². The lowest BCUT2D eigenvalue weighted by Gasteiger charge is -2.33. The van der Waals surface area contributed by atoms with E-state index in [1.807, 2.05) is 11.0 Å². The first-order chi connectivity index (χ1) is 13.1. The van der Waals surface area contributed by atoms with Crippen molar-refractivity contribution in [1.29, 1.82) is 0 Å². The molecule has 1 aromatic carbocycles. The van der Waals surface area contributed by atoms with E-state index in [0.717, 1.165) is 5.76 Å². The third-order valence-electron chi connectivity index (χ3n) is 4.35. The Morgan fingerprint density at radius 1 is 1.00 bits per heavy atom. The van der Waals surface area contributed by atoms with Gasteiger partial charge in [-0.25, -0.2) is 4.39 Å². The number of carbonyl (C=O) groups excluding carboxylic acids is 2. The van der Waals surface area contributed by atoms with Gasteiger partial charge in [0.2, 0.25) is 11.8 Å². The molecule has 1 aromatic heterocycles. The predicted octanol–water partition coefficient (Wildman–Crippen LogP) is 1.29. The number of furan rings is 1. The van der Waals surface area contributed by atoms with E-state index in [4.69, 9.17) is 4.42 Å². The third-order valence-corrected chi connectivity index (χ3v) is 4.35. The molecule has 3 rings (SSSR count). The monoisotopic (exact) mass is 374 g/mol. The predicted molar refractivity (Wildman–Crippen MR) is 98.5 cm³/mol. The van der Waals surface area contributed by atoms with Crippen LogP contribution in [-0.4, -0.2) is 60.9 Å². The van der Waals surface area contributed by atoms with Gasteiger partial charge in [-0.1, -0.05) is 6.07 Å². The van der Waals surface area contributed by atoms with Gasteiger partial charge in [-0.3, -0.25) is 19.4 Å². The molecule has 2 aromatic rings. The lowest BCUT2D eigenvalue weighted by Crippen LogP contribution is -2.50. The molecule has 0 aliphatic carbocycles. The van der Waals surface area contributed by atoms with Crippen LogP contribution in [0.1, 0.15) is 5.76 Å². The van der Waals surface area contributed by atoms with E-state index in [9.17, 15) is 14.0 Å². The second-order valence-electron chi connectivity index (χ2n) is 6.47. The van der Waals surface area contributed by atoms with Crippen LogP contribution in [0.25, 0.3) is 0 Å². The number of amides is 2. The SMILES string of the molecule is O=C(CN1CCN(CC(=O)Nc2cccc(F)c2)CC1)NCc1ccco1. The first-order valence-corrected chi connectivity index (χ1v) is 8.88. The molecule has 1 fully saturated rings. The first kappa shape index (κ1) is 19.1. The molecule has 27 heavy (non-hydrogen) atoms. The number of hydrogen-bond acceptors (Lipinski definition) is 5. The second kappa shape index (κ2) is 9.29. The maximum absolute atomic E-state index is 13.2. The number of benzene rings is 1. The Kier molecular flexibility index (Phi) is 6.56. The number of hydrogen-bond donors (Lipinski definition) is 2. The summed E-state index contributed by atoms with van der Waals surface area (Å²) in [4.78, 5) is 28.2. The van der Waals surface area contributed by atoms with E-state index in [1.165, 1.54) is 12.1 Å². The van der Waals surface area contributed by atoms with E-state index >= 15 is 0 Å². The van der Waals surface area contributed by atoms with Crippen LogP contribution in [-0.2, 0) is 16.1 Å². The molecule has 1 aliphatic rings. The van der Waals surface area contributed by atoms with E-state index in [-0.39, 0.29) is 24.2 Å². The second-order valence-corrected chi connectivity index (χ2v) is 6.47. The van der Waals surface area contributed by atoms with Crippen molar-refractivity contribution < 1.29 is 18.4 Å². The zero-order valence-electron chi connectivity index (χ0n) is 15.0. The number of rotatable bonds is 7. The third kappa shape index (κ3) is 6.19. The summed E-state index contributed by atoms with van der Waals surface area (Å²) < 4.78 is 18.3. The average molecular weight is 374 g/mol. The number of piperazine rings is 1. The minimum atomic E-state index is -0.383. The Balaban J connectivity index is 1.34. The number of nitrogens with zero attached hydrogens (tertiary/aromatic N) is 2. The number of halogens is 1. The van der Waals surface area contributed by atoms with E-state index in [0.29, 0.717) is 45.0 Å². The van der Waals surface area contributed by atoms with Crippen LogP contribution in [0.3, 0.4) is 0 Å². The van der Waals surface area contributed by atoms with Gasteiger partial charge in [-0.2, -0.15) is 0 Å².